The van der Waals surface area contributed by atoms with Gasteiger partial charge in [-0.15, -0.1) is 0 Å². The summed E-state index contributed by atoms with van der Waals surface area (Å²) >= 11 is 0. The number of ether oxygens (including phenoxy) is 2. The molecule has 8 heteroatoms. The lowest BCUT2D eigenvalue weighted by atomic mass is 9.99. The van der Waals surface area contributed by atoms with Crippen LogP contribution in [0.5, 0.6) is 0 Å². The normalized spacial score (nSPS) is 12.5. The zero-order chi connectivity index (χ0) is 19.7. The van der Waals surface area contributed by atoms with Gasteiger partial charge in [0.2, 0.25) is 5.91 Å². The molecule has 0 saturated heterocycles. The molecule has 1 aromatic rings. The van der Waals surface area contributed by atoms with E-state index in [0.29, 0.717) is 12.1 Å². The van der Waals surface area contributed by atoms with Crippen molar-refractivity contribution in [2.75, 3.05) is 19.0 Å². The molecule has 0 bridgehead atoms. The number of benzene rings is 1. The number of rotatable bonds is 8. The predicted octanol–water partition coefficient (Wildman–Crippen LogP) is 1.51. The molecule has 1 rings (SSSR count). The number of carbonyl (C=O) groups is 4. The lowest BCUT2D eigenvalue weighted by Gasteiger charge is -2.21. The van der Waals surface area contributed by atoms with Gasteiger partial charge in [0.15, 0.2) is 6.61 Å². The molecule has 0 aliphatic rings. The number of esters is 2. The molecular formula is C18H24N2O6. The van der Waals surface area contributed by atoms with Crippen molar-refractivity contribution in [3.8, 4) is 0 Å². The Labute approximate surface area is 152 Å². The summed E-state index contributed by atoms with van der Waals surface area (Å²) in [5.41, 5.74) is 0.777. The monoisotopic (exact) mass is 364 g/mol. The summed E-state index contributed by atoms with van der Waals surface area (Å²) in [4.78, 5) is 46.6. The Balaban J connectivity index is 2.58. The van der Waals surface area contributed by atoms with Gasteiger partial charge in [-0.1, -0.05) is 20.3 Å². The quantitative estimate of drug-likeness (QED) is 0.677. The van der Waals surface area contributed by atoms with Crippen LogP contribution in [0.4, 0.5) is 5.69 Å². The maximum absolute atomic E-state index is 12.0. The molecule has 0 aliphatic carbocycles. The Morgan fingerprint density at radius 2 is 1.73 bits per heavy atom. The van der Waals surface area contributed by atoms with E-state index >= 15 is 0 Å². The first-order valence-corrected chi connectivity index (χ1v) is 8.20. The number of hydrogen-bond donors (Lipinski definition) is 2. The van der Waals surface area contributed by atoms with E-state index in [2.05, 4.69) is 15.4 Å². The van der Waals surface area contributed by atoms with E-state index in [1.165, 1.54) is 26.2 Å². The highest BCUT2D eigenvalue weighted by Gasteiger charge is 2.27. The fraction of sp³-hybridized carbons (Fsp3) is 0.444. The first-order valence-electron chi connectivity index (χ1n) is 8.20. The van der Waals surface area contributed by atoms with Gasteiger partial charge in [0.25, 0.3) is 5.91 Å². The smallest absolute Gasteiger partial charge is 0.338 e. The molecule has 2 N–H and O–H groups in total. The highest BCUT2D eigenvalue weighted by Crippen LogP contribution is 2.11. The molecule has 0 aromatic heterocycles. The first kappa shape index (κ1) is 21.1. The fourth-order valence-electron chi connectivity index (χ4n) is 2.12. The summed E-state index contributed by atoms with van der Waals surface area (Å²) in [5.74, 6) is -2.17. The highest BCUT2D eigenvalue weighted by molar-refractivity contribution is 5.93. The number of amides is 2. The van der Waals surface area contributed by atoms with Crippen molar-refractivity contribution in [1.82, 2.24) is 5.32 Å². The van der Waals surface area contributed by atoms with E-state index in [9.17, 15) is 19.2 Å². The molecule has 1 aromatic carbocycles. The molecule has 0 saturated carbocycles. The zero-order valence-electron chi connectivity index (χ0n) is 15.3. The summed E-state index contributed by atoms with van der Waals surface area (Å²) < 4.78 is 9.63. The van der Waals surface area contributed by atoms with Gasteiger partial charge >= 0.3 is 11.9 Å². The second kappa shape index (κ2) is 10.2. The number of hydrogen-bond acceptors (Lipinski definition) is 6. The molecule has 142 valence electrons. The van der Waals surface area contributed by atoms with Crippen molar-refractivity contribution in [3.05, 3.63) is 29.8 Å². The Morgan fingerprint density at radius 1 is 1.12 bits per heavy atom. The lowest BCUT2D eigenvalue weighted by Crippen LogP contribution is -2.47. The molecular weight excluding hydrogens is 340 g/mol. The summed E-state index contributed by atoms with van der Waals surface area (Å²) in [7, 11) is 1.24. The molecule has 0 radical (unpaired) electrons. The van der Waals surface area contributed by atoms with Crippen LogP contribution in [0.2, 0.25) is 0 Å². The van der Waals surface area contributed by atoms with E-state index in [1.807, 2.05) is 13.8 Å². The third kappa shape index (κ3) is 6.54. The summed E-state index contributed by atoms with van der Waals surface area (Å²) in [6.07, 6.45) is 0.667. The SMILES string of the molecule is CC[C@@H](C)[C@@H](NC(=O)COC(=O)c1ccc(NC(C)=O)cc1)C(=O)OC. The van der Waals surface area contributed by atoms with E-state index in [-0.39, 0.29) is 17.4 Å². The molecule has 0 fully saturated rings. The van der Waals surface area contributed by atoms with Crippen molar-refractivity contribution >= 4 is 29.4 Å². The second-order valence-electron chi connectivity index (χ2n) is 5.79. The van der Waals surface area contributed by atoms with E-state index in [0.717, 1.165) is 0 Å². The van der Waals surface area contributed by atoms with Crippen molar-refractivity contribution in [2.45, 2.75) is 33.2 Å². The van der Waals surface area contributed by atoms with Gasteiger partial charge in [0.1, 0.15) is 6.04 Å². The molecule has 0 aliphatic heterocycles. The van der Waals surface area contributed by atoms with E-state index in [4.69, 9.17) is 4.74 Å². The van der Waals surface area contributed by atoms with Gasteiger partial charge in [-0.05, 0) is 30.2 Å². The van der Waals surface area contributed by atoms with Crippen LogP contribution in [0.1, 0.15) is 37.6 Å². The van der Waals surface area contributed by atoms with Gasteiger partial charge in [-0.2, -0.15) is 0 Å². The van der Waals surface area contributed by atoms with Crippen LogP contribution in [0.25, 0.3) is 0 Å². The number of carbonyl (C=O) groups excluding carboxylic acids is 4. The van der Waals surface area contributed by atoms with E-state index < -0.39 is 30.5 Å². The van der Waals surface area contributed by atoms with Gasteiger partial charge in [0, 0.05) is 12.6 Å². The molecule has 26 heavy (non-hydrogen) atoms. The van der Waals surface area contributed by atoms with Crippen LogP contribution in [0.3, 0.4) is 0 Å². The Kier molecular flexibility index (Phi) is 8.27. The fourth-order valence-corrected chi connectivity index (χ4v) is 2.12. The van der Waals surface area contributed by atoms with Gasteiger partial charge in [0.05, 0.1) is 12.7 Å². The van der Waals surface area contributed by atoms with Crippen LogP contribution in [-0.2, 0) is 23.9 Å². The third-order valence-electron chi connectivity index (χ3n) is 3.76. The highest BCUT2D eigenvalue weighted by atomic mass is 16.5. The number of nitrogens with one attached hydrogen (secondary N) is 2. The summed E-state index contributed by atoms with van der Waals surface area (Å²) in [6.45, 7) is 4.56. The maximum Gasteiger partial charge on any atom is 0.338 e. The largest absolute Gasteiger partial charge is 0.467 e. The third-order valence-corrected chi connectivity index (χ3v) is 3.76. The minimum Gasteiger partial charge on any atom is -0.467 e. The van der Waals surface area contributed by atoms with Gasteiger partial charge < -0.3 is 20.1 Å². The molecule has 0 heterocycles. The maximum atomic E-state index is 12.0. The van der Waals surface area contributed by atoms with Crippen molar-refractivity contribution in [3.63, 3.8) is 0 Å². The first-order chi connectivity index (χ1) is 12.3. The predicted molar refractivity (Wildman–Crippen MR) is 94.4 cm³/mol. The molecule has 0 spiro atoms. The average Bonchev–Trinajstić information content (AvgIpc) is 2.63. The summed E-state index contributed by atoms with van der Waals surface area (Å²) in [6, 6.07) is 5.25. The Hall–Kier alpha value is -2.90. The number of methoxy groups -OCH3 is 1. The van der Waals surface area contributed by atoms with Gasteiger partial charge in [-0.3, -0.25) is 9.59 Å². The molecule has 8 nitrogen and oxygen atoms in total. The minimum absolute atomic E-state index is 0.122. The standard InChI is InChI=1S/C18H24N2O6/c1-5-11(2)16(18(24)25-4)20-15(22)10-26-17(23)13-6-8-14(9-7-13)19-12(3)21/h6-9,11,16H,5,10H2,1-4H3,(H,19,21)(H,20,22)/t11-,16-/m1/s1. The van der Waals surface area contributed by atoms with Gasteiger partial charge in [-0.25, -0.2) is 9.59 Å². The number of anilines is 1. The van der Waals surface area contributed by atoms with Crippen LogP contribution in [0.15, 0.2) is 24.3 Å². The molecule has 2 amide bonds. The van der Waals surface area contributed by atoms with Crippen molar-refractivity contribution in [2.24, 2.45) is 5.92 Å². The Bertz CT molecular complexity index is 656. The minimum atomic E-state index is -0.798. The second-order valence-corrected chi connectivity index (χ2v) is 5.79. The van der Waals surface area contributed by atoms with Crippen LogP contribution < -0.4 is 10.6 Å². The topological polar surface area (TPSA) is 111 Å². The average molecular weight is 364 g/mol. The van der Waals surface area contributed by atoms with Crippen LogP contribution in [-0.4, -0.2) is 43.5 Å². The Morgan fingerprint density at radius 3 is 2.23 bits per heavy atom. The van der Waals surface area contributed by atoms with Crippen molar-refractivity contribution < 1.29 is 28.7 Å². The van der Waals surface area contributed by atoms with Crippen LogP contribution >= 0.6 is 0 Å². The van der Waals surface area contributed by atoms with Crippen molar-refractivity contribution in [1.29, 1.82) is 0 Å². The summed E-state index contributed by atoms with van der Waals surface area (Å²) in [5, 5.41) is 5.09. The molecule has 2 atom stereocenters. The van der Waals surface area contributed by atoms with Crippen LogP contribution in [0, 0.1) is 5.92 Å². The lowest BCUT2D eigenvalue weighted by molar-refractivity contribution is -0.147. The van der Waals surface area contributed by atoms with E-state index in [1.54, 1.807) is 12.1 Å². The molecule has 0 unspecified atom stereocenters. The zero-order valence-corrected chi connectivity index (χ0v) is 15.3.